The number of ether oxygens (including phenoxy) is 1. The number of rotatable bonds is 2. The summed E-state index contributed by atoms with van der Waals surface area (Å²) in [5, 5.41) is 0.561. The third-order valence-electron chi connectivity index (χ3n) is 1.81. The van der Waals surface area contributed by atoms with Gasteiger partial charge in [-0.1, -0.05) is 23.2 Å². The molecular weight excluding hydrogens is 252 g/mol. The van der Waals surface area contributed by atoms with Crippen LogP contribution in [0.2, 0.25) is 10.0 Å². The van der Waals surface area contributed by atoms with Crippen molar-refractivity contribution in [2.24, 2.45) is 0 Å². The van der Waals surface area contributed by atoms with Gasteiger partial charge in [-0.25, -0.2) is 9.37 Å². The van der Waals surface area contributed by atoms with Crippen LogP contribution in [0.3, 0.4) is 0 Å². The van der Waals surface area contributed by atoms with Gasteiger partial charge in [0.05, 0.1) is 10.0 Å². The average molecular weight is 258 g/mol. The second kappa shape index (κ2) is 4.68. The van der Waals surface area contributed by atoms with Gasteiger partial charge in [0.25, 0.3) is 0 Å². The quantitative estimate of drug-likeness (QED) is 0.800. The zero-order valence-electron chi connectivity index (χ0n) is 7.95. The van der Waals surface area contributed by atoms with Gasteiger partial charge in [-0.05, 0) is 18.2 Å². The minimum Gasteiger partial charge on any atom is -0.439 e. The summed E-state index contributed by atoms with van der Waals surface area (Å²) in [5.41, 5.74) is 0. The van der Waals surface area contributed by atoms with Crippen molar-refractivity contribution in [3.05, 3.63) is 52.4 Å². The van der Waals surface area contributed by atoms with E-state index >= 15 is 0 Å². The lowest BCUT2D eigenvalue weighted by molar-refractivity contribution is 0.458. The SMILES string of the molecule is Fc1cc(Oc2ccc(Cl)cn2)ccc1Cl. The first-order valence-electron chi connectivity index (χ1n) is 4.39. The van der Waals surface area contributed by atoms with Crippen LogP contribution in [0.1, 0.15) is 0 Å². The summed E-state index contributed by atoms with van der Waals surface area (Å²) in [5.74, 6) is 0.135. The van der Waals surface area contributed by atoms with E-state index in [4.69, 9.17) is 27.9 Å². The van der Waals surface area contributed by atoms with Crippen molar-refractivity contribution < 1.29 is 9.13 Å². The molecule has 1 aromatic carbocycles. The van der Waals surface area contributed by atoms with Crippen LogP contribution in [0.5, 0.6) is 11.6 Å². The average Bonchev–Trinajstić information content (AvgIpc) is 2.27. The number of nitrogens with zero attached hydrogens (tertiary/aromatic N) is 1. The maximum absolute atomic E-state index is 13.1. The maximum atomic E-state index is 13.1. The molecule has 0 N–H and O–H groups in total. The molecule has 0 atom stereocenters. The van der Waals surface area contributed by atoms with Gasteiger partial charge in [0.15, 0.2) is 0 Å². The minimum absolute atomic E-state index is 0.0522. The van der Waals surface area contributed by atoms with Crippen LogP contribution < -0.4 is 4.74 Å². The summed E-state index contributed by atoms with van der Waals surface area (Å²) in [7, 11) is 0. The molecule has 0 saturated heterocycles. The predicted octanol–water partition coefficient (Wildman–Crippen LogP) is 4.32. The number of halogens is 3. The van der Waals surface area contributed by atoms with E-state index in [1.807, 2.05) is 0 Å². The Morgan fingerprint density at radius 1 is 1.12 bits per heavy atom. The molecule has 0 aliphatic rings. The smallest absolute Gasteiger partial charge is 0.219 e. The van der Waals surface area contributed by atoms with E-state index < -0.39 is 5.82 Å². The van der Waals surface area contributed by atoms with Crippen molar-refractivity contribution in [1.82, 2.24) is 4.98 Å². The Morgan fingerprint density at radius 2 is 1.94 bits per heavy atom. The lowest BCUT2D eigenvalue weighted by atomic mass is 10.3. The second-order valence-corrected chi connectivity index (χ2v) is 3.84. The molecule has 0 fully saturated rings. The summed E-state index contributed by atoms with van der Waals surface area (Å²) >= 11 is 11.2. The van der Waals surface area contributed by atoms with E-state index in [1.165, 1.54) is 18.3 Å². The van der Waals surface area contributed by atoms with Gasteiger partial charge in [0, 0.05) is 18.3 Å². The van der Waals surface area contributed by atoms with Crippen molar-refractivity contribution >= 4 is 23.2 Å². The molecule has 2 nitrogen and oxygen atoms in total. The molecule has 2 rings (SSSR count). The largest absolute Gasteiger partial charge is 0.439 e. The molecule has 1 aromatic heterocycles. The number of hydrogen-bond donors (Lipinski definition) is 0. The van der Waals surface area contributed by atoms with Crippen molar-refractivity contribution in [2.75, 3.05) is 0 Å². The number of hydrogen-bond acceptors (Lipinski definition) is 2. The van der Waals surface area contributed by atoms with Gasteiger partial charge < -0.3 is 4.74 Å². The van der Waals surface area contributed by atoms with Crippen LogP contribution in [0.25, 0.3) is 0 Å². The van der Waals surface area contributed by atoms with E-state index in [1.54, 1.807) is 18.2 Å². The third-order valence-corrected chi connectivity index (χ3v) is 2.34. The van der Waals surface area contributed by atoms with Crippen molar-refractivity contribution in [2.45, 2.75) is 0 Å². The fourth-order valence-corrected chi connectivity index (χ4v) is 1.31. The molecule has 0 bridgehead atoms. The van der Waals surface area contributed by atoms with E-state index in [9.17, 15) is 4.39 Å². The molecule has 1 heterocycles. The third kappa shape index (κ3) is 2.62. The summed E-state index contributed by atoms with van der Waals surface area (Å²) in [6.45, 7) is 0. The number of pyridine rings is 1. The Kier molecular flexibility index (Phi) is 3.27. The number of aromatic nitrogens is 1. The standard InChI is InChI=1S/C11H6Cl2FNO/c12-7-1-4-11(15-6-7)16-8-2-3-9(13)10(14)5-8/h1-6H. The van der Waals surface area contributed by atoms with E-state index in [-0.39, 0.29) is 5.02 Å². The maximum Gasteiger partial charge on any atom is 0.219 e. The highest BCUT2D eigenvalue weighted by Crippen LogP contribution is 2.24. The van der Waals surface area contributed by atoms with Gasteiger partial charge in [-0.3, -0.25) is 0 Å². The monoisotopic (exact) mass is 257 g/mol. The molecule has 5 heteroatoms. The van der Waals surface area contributed by atoms with Crippen LogP contribution in [-0.2, 0) is 0 Å². The topological polar surface area (TPSA) is 22.1 Å². The highest BCUT2D eigenvalue weighted by molar-refractivity contribution is 6.30. The molecule has 0 saturated carbocycles. The van der Waals surface area contributed by atoms with Crippen LogP contribution in [0, 0.1) is 5.82 Å². The van der Waals surface area contributed by atoms with Gasteiger partial charge >= 0.3 is 0 Å². The molecule has 0 aliphatic carbocycles. The second-order valence-electron chi connectivity index (χ2n) is 2.99. The Balaban J connectivity index is 2.20. The normalized spacial score (nSPS) is 10.2. The van der Waals surface area contributed by atoms with Gasteiger partial charge in [-0.2, -0.15) is 0 Å². The van der Waals surface area contributed by atoms with Gasteiger partial charge in [0.2, 0.25) is 5.88 Å². The molecule has 16 heavy (non-hydrogen) atoms. The Hall–Kier alpha value is -1.32. The lowest BCUT2D eigenvalue weighted by Crippen LogP contribution is -1.88. The van der Waals surface area contributed by atoms with Crippen molar-refractivity contribution in [1.29, 1.82) is 0 Å². The lowest BCUT2D eigenvalue weighted by Gasteiger charge is -2.04. The summed E-state index contributed by atoms with van der Waals surface area (Å²) in [6, 6.07) is 7.40. The first-order chi connectivity index (χ1) is 7.65. The van der Waals surface area contributed by atoms with Crippen LogP contribution in [-0.4, -0.2) is 4.98 Å². The highest BCUT2D eigenvalue weighted by Gasteiger charge is 2.03. The highest BCUT2D eigenvalue weighted by atomic mass is 35.5. The Labute approximate surface area is 102 Å². The summed E-state index contributed by atoms with van der Waals surface area (Å²) < 4.78 is 18.4. The Morgan fingerprint density at radius 3 is 2.56 bits per heavy atom. The summed E-state index contributed by atoms with van der Waals surface area (Å²) in [4.78, 5) is 3.92. The van der Waals surface area contributed by atoms with E-state index in [0.29, 0.717) is 16.7 Å². The zero-order chi connectivity index (χ0) is 11.5. The molecule has 2 aromatic rings. The Bertz CT molecular complexity index is 502. The molecule has 0 spiro atoms. The molecule has 0 amide bonds. The molecule has 0 aliphatic heterocycles. The fourth-order valence-electron chi connectivity index (χ4n) is 1.08. The van der Waals surface area contributed by atoms with Crippen molar-refractivity contribution in [3.8, 4) is 11.6 Å². The first-order valence-corrected chi connectivity index (χ1v) is 5.15. The van der Waals surface area contributed by atoms with Crippen LogP contribution in [0.4, 0.5) is 4.39 Å². The van der Waals surface area contributed by atoms with Crippen molar-refractivity contribution in [3.63, 3.8) is 0 Å². The van der Waals surface area contributed by atoms with E-state index in [0.717, 1.165) is 0 Å². The van der Waals surface area contributed by atoms with Crippen LogP contribution >= 0.6 is 23.2 Å². The van der Waals surface area contributed by atoms with Gasteiger partial charge in [0.1, 0.15) is 11.6 Å². The molecule has 82 valence electrons. The first kappa shape index (κ1) is 11.2. The van der Waals surface area contributed by atoms with E-state index in [2.05, 4.69) is 4.98 Å². The minimum atomic E-state index is -0.534. The summed E-state index contributed by atoms with van der Waals surface area (Å²) in [6.07, 6.45) is 1.45. The van der Waals surface area contributed by atoms with Gasteiger partial charge in [-0.15, -0.1) is 0 Å². The van der Waals surface area contributed by atoms with Crippen LogP contribution in [0.15, 0.2) is 36.5 Å². The fraction of sp³-hybridized carbons (Fsp3) is 0. The molecule has 0 radical (unpaired) electrons. The molecular formula is C11H6Cl2FNO. The zero-order valence-corrected chi connectivity index (χ0v) is 9.47. The molecule has 0 unspecified atom stereocenters. The predicted molar refractivity (Wildman–Crippen MR) is 60.7 cm³/mol. The number of benzene rings is 1.